The van der Waals surface area contributed by atoms with Crippen LogP contribution >= 0.6 is 0 Å². The van der Waals surface area contributed by atoms with Crippen LogP contribution < -0.4 is 5.32 Å². The van der Waals surface area contributed by atoms with E-state index in [0.29, 0.717) is 0 Å². The summed E-state index contributed by atoms with van der Waals surface area (Å²) in [6, 6.07) is 2.92. The molecule has 0 aromatic carbocycles. The Labute approximate surface area is 117 Å². The Kier molecular flexibility index (Phi) is 5.90. The topological polar surface area (TPSA) is 29.9 Å². The van der Waals surface area contributed by atoms with Crippen molar-refractivity contribution in [1.29, 1.82) is 0 Å². The van der Waals surface area contributed by atoms with E-state index in [1.54, 1.807) is 0 Å². The zero-order chi connectivity index (χ0) is 13.5. The Balaban J connectivity index is 1.79. The van der Waals surface area contributed by atoms with Gasteiger partial charge in [-0.2, -0.15) is 5.10 Å². The lowest BCUT2D eigenvalue weighted by molar-refractivity contribution is 0.366. The van der Waals surface area contributed by atoms with Gasteiger partial charge in [-0.25, -0.2) is 0 Å². The number of hydrogen-bond acceptors (Lipinski definition) is 2. The molecule has 0 spiro atoms. The van der Waals surface area contributed by atoms with Gasteiger partial charge >= 0.3 is 0 Å². The van der Waals surface area contributed by atoms with Crippen molar-refractivity contribution in [2.75, 3.05) is 6.54 Å². The van der Waals surface area contributed by atoms with Gasteiger partial charge in [0.05, 0.1) is 0 Å². The lowest BCUT2D eigenvalue weighted by Crippen LogP contribution is -2.30. The fraction of sp³-hybridized carbons (Fsp3) is 0.812. The standard InChI is InChI=1S/C16H29N3/c1-3-11-17-15-7-5-4-6-14(13-15)8-9-16-10-12-18-19(16)2/h10,12,14-15,17H,3-9,11,13H2,1-2H3. The number of hydrogen-bond donors (Lipinski definition) is 1. The summed E-state index contributed by atoms with van der Waals surface area (Å²) in [6.07, 6.45) is 12.7. The van der Waals surface area contributed by atoms with Crippen LogP contribution in [0.2, 0.25) is 0 Å². The van der Waals surface area contributed by atoms with Crippen molar-refractivity contribution in [3.05, 3.63) is 18.0 Å². The molecule has 1 fully saturated rings. The second-order valence-electron chi connectivity index (χ2n) is 6.02. The molecule has 1 saturated carbocycles. The van der Waals surface area contributed by atoms with E-state index in [1.807, 2.05) is 17.9 Å². The maximum Gasteiger partial charge on any atom is 0.0492 e. The molecule has 1 aliphatic carbocycles. The van der Waals surface area contributed by atoms with E-state index in [4.69, 9.17) is 0 Å². The zero-order valence-electron chi connectivity index (χ0n) is 12.6. The fourth-order valence-corrected chi connectivity index (χ4v) is 3.26. The SMILES string of the molecule is CCCNC1CCCCC(CCc2ccnn2C)C1. The number of nitrogens with one attached hydrogen (secondary N) is 1. The Morgan fingerprint density at radius 1 is 1.37 bits per heavy atom. The van der Waals surface area contributed by atoms with Crippen molar-refractivity contribution in [3.63, 3.8) is 0 Å². The number of aromatic nitrogens is 2. The Morgan fingerprint density at radius 3 is 2.95 bits per heavy atom. The first-order valence-corrected chi connectivity index (χ1v) is 8.00. The van der Waals surface area contributed by atoms with Gasteiger partial charge in [0.15, 0.2) is 0 Å². The molecule has 2 rings (SSSR count). The van der Waals surface area contributed by atoms with E-state index in [0.717, 1.165) is 12.0 Å². The molecule has 2 unspecified atom stereocenters. The minimum absolute atomic E-state index is 0.763. The first-order chi connectivity index (χ1) is 9.29. The molecule has 108 valence electrons. The van der Waals surface area contributed by atoms with Gasteiger partial charge in [-0.1, -0.05) is 26.2 Å². The summed E-state index contributed by atoms with van der Waals surface area (Å²) < 4.78 is 2.02. The quantitative estimate of drug-likeness (QED) is 0.798. The van der Waals surface area contributed by atoms with Gasteiger partial charge in [0.25, 0.3) is 0 Å². The maximum atomic E-state index is 4.26. The second kappa shape index (κ2) is 7.68. The van der Waals surface area contributed by atoms with Crippen molar-refractivity contribution in [2.45, 2.75) is 64.3 Å². The van der Waals surface area contributed by atoms with Crippen molar-refractivity contribution in [2.24, 2.45) is 13.0 Å². The number of nitrogens with zero attached hydrogens (tertiary/aromatic N) is 2. The van der Waals surface area contributed by atoms with Gasteiger partial charge < -0.3 is 5.32 Å². The summed E-state index contributed by atoms with van der Waals surface area (Å²) in [5.74, 6) is 0.895. The molecule has 19 heavy (non-hydrogen) atoms. The molecule has 0 radical (unpaired) electrons. The van der Waals surface area contributed by atoms with Crippen LogP contribution in [0.25, 0.3) is 0 Å². The molecular weight excluding hydrogens is 234 g/mol. The van der Waals surface area contributed by atoms with Gasteiger partial charge in [0.1, 0.15) is 0 Å². The maximum absolute atomic E-state index is 4.26. The molecule has 1 aliphatic rings. The third kappa shape index (κ3) is 4.64. The molecular formula is C16H29N3. The molecule has 1 aromatic heterocycles. The smallest absolute Gasteiger partial charge is 0.0492 e. The summed E-state index contributed by atoms with van der Waals surface area (Å²) in [5.41, 5.74) is 1.38. The first-order valence-electron chi connectivity index (χ1n) is 8.00. The molecule has 1 N–H and O–H groups in total. The highest BCUT2D eigenvalue weighted by Crippen LogP contribution is 2.27. The van der Waals surface area contributed by atoms with E-state index in [-0.39, 0.29) is 0 Å². The van der Waals surface area contributed by atoms with Crippen LogP contribution in [0.1, 0.15) is 57.6 Å². The zero-order valence-corrected chi connectivity index (χ0v) is 12.6. The van der Waals surface area contributed by atoms with Crippen LogP contribution in [0.5, 0.6) is 0 Å². The van der Waals surface area contributed by atoms with Gasteiger partial charge in [-0.05, 0) is 50.6 Å². The lowest BCUT2D eigenvalue weighted by atomic mass is 9.92. The predicted molar refractivity (Wildman–Crippen MR) is 80.2 cm³/mol. The van der Waals surface area contributed by atoms with E-state index in [1.165, 1.54) is 63.6 Å². The molecule has 0 saturated heterocycles. The van der Waals surface area contributed by atoms with Gasteiger partial charge in [-0.15, -0.1) is 0 Å². The van der Waals surface area contributed by atoms with Crippen LogP contribution in [0, 0.1) is 5.92 Å². The monoisotopic (exact) mass is 263 g/mol. The number of aryl methyl sites for hydroxylation is 2. The van der Waals surface area contributed by atoms with Crippen molar-refractivity contribution in [1.82, 2.24) is 15.1 Å². The Hall–Kier alpha value is -0.830. The first kappa shape index (κ1) is 14.6. The van der Waals surface area contributed by atoms with E-state index in [9.17, 15) is 0 Å². The third-order valence-electron chi connectivity index (χ3n) is 4.45. The molecule has 3 nitrogen and oxygen atoms in total. The average Bonchev–Trinajstić information content (AvgIpc) is 2.69. The number of rotatable bonds is 6. The summed E-state index contributed by atoms with van der Waals surface area (Å²) in [7, 11) is 2.05. The summed E-state index contributed by atoms with van der Waals surface area (Å²) in [4.78, 5) is 0. The normalized spacial score (nSPS) is 24.3. The van der Waals surface area contributed by atoms with Crippen LogP contribution in [0.3, 0.4) is 0 Å². The highest BCUT2D eigenvalue weighted by molar-refractivity contribution is 5.00. The summed E-state index contributed by atoms with van der Waals surface area (Å²) in [5, 5.41) is 7.99. The molecule has 3 heteroatoms. The highest BCUT2D eigenvalue weighted by Gasteiger charge is 2.19. The largest absolute Gasteiger partial charge is 0.314 e. The second-order valence-corrected chi connectivity index (χ2v) is 6.02. The van der Waals surface area contributed by atoms with Crippen LogP contribution in [-0.4, -0.2) is 22.4 Å². The highest BCUT2D eigenvalue weighted by atomic mass is 15.2. The van der Waals surface area contributed by atoms with Gasteiger partial charge in [-0.3, -0.25) is 4.68 Å². The molecule has 0 aliphatic heterocycles. The molecule has 0 bridgehead atoms. The summed E-state index contributed by atoms with van der Waals surface area (Å²) >= 11 is 0. The van der Waals surface area contributed by atoms with E-state index >= 15 is 0 Å². The van der Waals surface area contributed by atoms with E-state index < -0.39 is 0 Å². The Morgan fingerprint density at radius 2 is 2.21 bits per heavy atom. The Bertz CT molecular complexity index is 359. The van der Waals surface area contributed by atoms with E-state index in [2.05, 4.69) is 23.4 Å². The lowest BCUT2D eigenvalue weighted by Gasteiger charge is -2.21. The van der Waals surface area contributed by atoms with Gasteiger partial charge in [0.2, 0.25) is 0 Å². The van der Waals surface area contributed by atoms with Crippen LogP contribution in [0.4, 0.5) is 0 Å². The van der Waals surface area contributed by atoms with Crippen molar-refractivity contribution < 1.29 is 0 Å². The average molecular weight is 263 g/mol. The third-order valence-corrected chi connectivity index (χ3v) is 4.45. The van der Waals surface area contributed by atoms with Crippen LogP contribution in [-0.2, 0) is 13.5 Å². The molecule has 2 atom stereocenters. The minimum Gasteiger partial charge on any atom is -0.314 e. The van der Waals surface area contributed by atoms with Crippen molar-refractivity contribution in [3.8, 4) is 0 Å². The molecule has 1 heterocycles. The molecule has 0 amide bonds. The van der Waals surface area contributed by atoms with Crippen molar-refractivity contribution >= 4 is 0 Å². The van der Waals surface area contributed by atoms with Crippen LogP contribution in [0.15, 0.2) is 12.3 Å². The fourth-order valence-electron chi connectivity index (χ4n) is 3.26. The predicted octanol–water partition coefficient (Wildman–Crippen LogP) is 3.30. The van der Waals surface area contributed by atoms with Gasteiger partial charge in [0, 0.05) is 25.0 Å². The summed E-state index contributed by atoms with van der Waals surface area (Å²) in [6.45, 7) is 3.43. The minimum atomic E-state index is 0.763. The molecule has 1 aromatic rings.